The third-order valence-corrected chi connectivity index (χ3v) is 6.94. The lowest BCUT2D eigenvalue weighted by molar-refractivity contribution is 0.0600. The van der Waals surface area contributed by atoms with Crippen molar-refractivity contribution in [1.82, 2.24) is 5.32 Å². The standard InChI is InChI=1S/C26H26N2O4S/c1-32-26(31)19-13-11-18(12-14-19)23(29)28-25-22(20-9-5-6-10-21(20)33-25)24(30)27-16-15-17-7-3-2-4-8-17/h2-4,7-8,11-14H,5-6,9-10,15-16H2,1H3,(H,27,30)(H,28,29). The Morgan fingerprint density at radius 1 is 0.909 bits per heavy atom. The summed E-state index contributed by atoms with van der Waals surface area (Å²) in [5.41, 5.74) is 3.58. The molecule has 7 heteroatoms. The van der Waals surface area contributed by atoms with E-state index in [-0.39, 0.29) is 11.8 Å². The first kappa shape index (κ1) is 22.7. The number of amides is 2. The Morgan fingerprint density at radius 3 is 2.33 bits per heavy atom. The van der Waals surface area contributed by atoms with Crippen molar-refractivity contribution >= 4 is 34.1 Å². The highest BCUT2D eigenvalue weighted by Gasteiger charge is 2.26. The molecular formula is C26H26N2O4S. The Kier molecular flexibility index (Phi) is 7.19. The first-order valence-electron chi connectivity index (χ1n) is 11.0. The molecule has 170 valence electrons. The molecular weight excluding hydrogens is 436 g/mol. The summed E-state index contributed by atoms with van der Waals surface area (Å²) in [5.74, 6) is -0.924. The minimum absolute atomic E-state index is 0.151. The van der Waals surface area contributed by atoms with Gasteiger partial charge in [0.05, 0.1) is 18.2 Å². The number of fused-ring (bicyclic) bond motifs is 1. The molecule has 33 heavy (non-hydrogen) atoms. The summed E-state index contributed by atoms with van der Waals surface area (Å²) in [7, 11) is 1.31. The Hall–Kier alpha value is -3.45. The maximum atomic E-state index is 13.2. The molecule has 2 amide bonds. The van der Waals surface area contributed by atoms with Gasteiger partial charge >= 0.3 is 5.97 Å². The highest BCUT2D eigenvalue weighted by molar-refractivity contribution is 7.17. The number of hydrogen-bond acceptors (Lipinski definition) is 5. The van der Waals surface area contributed by atoms with Gasteiger partial charge in [0.25, 0.3) is 11.8 Å². The van der Waals surface area contributed by atoms with Crippen LogP contribution in [0.5, 0.6) is 0 Å². The van der Waals surface area contributed by atoms with Crippen molar-refractivity contribution in [1.29, 1.82) is 0 Å². The Balaban J connectivity index is 1.50. The van der Waals surface area contributed by atoms with Gasteiger partial charge in [-0.3, -0.25) is 9.59 Å². The minimum atomic E-state index is -0.456. The summed E-state index contributed by atoms with van der Waals surface area (Å²) in [6, 6.07) is 16.3. The summed E-state index contributed by atoms with van der Waals surface area (Å²) in [6.45, 7) is 0.524. The average molecular weight is 463 g/mol. The van der Waals surface area contributed by atoms with Gasteiger partial charge in [-0.15, -0.1) is 11.3 Å². The Bertz CT molecular complexity index is 1150. The molecule has 1 aliphatic carbocycles. The molecule has 0 saturated heterocycles. The normalized spacial score (nSPS) is 12.5. The van der Waals surface area contributed by atoms with Gasteiger partial charge in [0, 0.05) is 17.0 Å². The monoisotopic (exact) mass is 462 g/mol. The van der Waals surface area contributed by atoms with Crippen molar-refractivity contribution in [3.05, 3.63) is 87.3 Å². The van der Waals surface area contributed by atoms with E-state index < -0.39 is 5.97 Å². The van der Waals surface area contributed by atoms with Crippen molar-refractivity contribution in [2.45, 2.75) is 32.1 Å². The lowest BCUT2D eigenvalue weighted by atomic mass is 9.95. The van der Waals surface area contributed by atoms with Crippen LogP contribution < -0.4 is 10.6 Å². The molecule has 0 unspecified atom stereocenters. The van der Waals surface area contributed by atoms with E-state index in [1.807, 2.05) is 30.3 Å². The van der Waals surface area contributed by atoms with E-state index in [0.29, 0.717) is 28.2 Å². The van der Waals surface area contributed by atoms with E-state index in [1.165, 1.54) is 23.3 Å². The maximum absolute atomic E-state index is 13.2. The van der Waals surface area contributed by atoms with Gasteiger partial charge < -0.3 is 15.4 Å². The number of ether oxygens (including phenoxy) is 1. The van der Waals surface area contributed by atoms with Crippen LogP contribution in [0.3, 0.4) is 0 Å². The SMILES string of the molecule is COC(=O)c1ccc(C(=O)Nc2sc3c(c2C(=O)NCCc2ccccc2)CCCC3)cc1. The first-order chi connectivity index (χ1) is 16.1. The molecule has 6 nitrogen and oxygen atoms in total. The molecule has 0 atom stereocenters. The van der Waals surface area contributed by atoms with Crippen LogP contribution in [0.25, 0.3) is 0 Å². The zero-order valence-electron chi connectivity index (χ0n) is 18.5. The first-order valence-corrected chi connectivity index (χ1v) is 11.8. The van der Waals surface area contributed by atoms with Gasteiger partial charge in [-0.2, -0.15) is 0 Å². The van der Waals surface area contributed by atoms with Crippen LogP contribution in [0.1, 0.15) is 59.9 Å². The number of benzene rings is 2. The van der Waals surface area contributed by atoms with Gasteiger partial charge in [0.2, 0.25) is 0 Å². The van der Waals surface area contributed by atoms with Crippen LogP contribution in [-0.2, 0) is 24.0 Å². The summed E-state index contributed by atoms with van der Waals surface area (Å²) in [5, 5.41) is 6.55. The van der Waals surface area contributed by atoms with Crippen molar-refractivity contribution < 1.29 is 19.1 Å². The number of rotatable bonds is 7. The average Bonchev–Trinajstić information content (AvgIpc) is 3.22. The second-order valence-corrected chi connectivity index (χ2v) is 9.03. The molecule has 3 aromatic rings. The van der Waals surface area contributed by atoms with E-state index in [1.54, 1.807) is 24.3 Å². The van der Waals surface area contributed by atoms with Crippen LogP contribution >= 0.6 is 11.3 Å². The fourth-order valence-electron chi connectivity index (χ4n) is 4.00. The zero-order chi connectivity index (χ0) is 23.2. The Morgan fingerprint density at radius 2 is 1.61 bits per heavy atom. The van der Waals surface area contributed by atoms with E-state index >= 15 is 0 Å². The van der Waals surface area contributed by atoms with Crippen molar-refractivity contribution in [2.75, 3.05) is 19.0 Å². The van der Waals surface area contributed by atoms with Crippen LogP contribution in [0.4, 0.5) is 5.00 Å². The van der Waals surface area contributed by atoms with Gasteiger partial charge in [0.1, 0.15) is 5.00 Å². The highest BCUT2D eigenvalue weighted by atomic mass is 32.1. The fourth-order valence-corrected chi connectivity index (χ4v) is 5.28. The molecule has 0 spiro atoms. The minimum Gasteiger partial charge on any atom is -0.465 e. The summed E-state index contributed by atoms with van der Waals surface area (Å²) < 4.78 is 4.70. The maximum Gasteiger partial charge on any atom is 0.337 e. The van der Waals surface area contributed by atoms with E-state index in [9.17, 15) is 14.4 Å². The molecule has 0 radical (unpaired) electrons. The van der Waals surface area contributed by atoms with Crippen LogP contribution in [0.2, 0.25) is 0 Å². The summed E-state index contributed by atoms with van der Waals surface area (Å²) >= 11 is 1.49. The lowest BCUT2D eigenvalue weighted by Crippen LogP contribution is -2.27. The van der Waals surface area contributed by atoms with Crippen molar-refractivity contribution in [2.24, 2.45) is 0 Å². The highest BCUT2D eigenvalue weighted by Crippen LogP contribution is 2.38. The second kappa shape index (κ2) is 10.4. The third kappa shape index (κ3) is 5.31. The predicted molar refractivity (Wildman–Crippen MR) is 129 cm³/mol. The topological polar surface area (TPSA) is 84.5 Å². The number of thiophene rings is 1. The number of aryl methyl sites for hydroxylation is 1. The molecule has 0 aliphatic heterocycles. The number of esters is 1. The van der Waals surface area contributed by atoms with Crippen molar-refractivity contribution in [3.8, 4) is 0 Å². The molecule has 0 bridgehead atoms. The number of methoxy groups -OCH3 is 1. The van der Waals surface area contributed by atoms with Crippen LogP contribution in [0, 0.1) is 0 Å². The second-order valence-electron chi connectivity index (χ2n) is 7.93. The molecule has 4 rings (SSSR count). The van der Waals surface area contributed by atoms with E-state index in [0.717, 1.165) is 43.2 Å². The zero-order valence-corrected chi connectivity index (χ0v) is 19.3. The predicted octanol–water partition coefficient (Wildman–Crippen LogP) is 4.64. The van der Waals surface area contributed by atoms with Crippen molar-refractivity contribution in [3.63, 3.8) is 0 Å². The molecule has 1 aromatic heterocycles. The van der Waals surface area contributed by atoms with E-state index in [2.05, 4.69) is 10.6 Å². The number of nitrogens with one attached hydrogen (secondary N) is 2. The number of carbonyl (C=O) groups is 3. The van der Waals surface area contributed by atoms with Crippen LogP contribution in [-0.4, -0.2) is 31.4 Å². The fraction of sp³-hybridized carbons (Fsp3) is 0.269. The number of carbonyl (C=O) groups excluding carboxylic acids is 3. The van der Waals surface area contributed by atoms with Crippen LogP contribution in [0.15, 0.2) is 54.6 Å². The molecule has 2 aromatic carbocycles. The quantitative estimate of drug-likeness (QED) is 0.501. The summed E-state index contributed by atoms with van der Waals surface area (Å²) in [4.78, 5) is 38.9. The van der Waals surface area contributed by atoms with E-state index in [4.69, 9.17) is 4.74 Å². The number of hydrogen-bond donors (Lipinski definition) is 2. The molecule has 1 aliphatic rings. The molecule has 1 heterocycles. The molecule has 2 N–H and O–H groups in total. The number of anilines is 1. The lowest BCUT2D eigenvalue weighted by Gasteiger charge is -2.13. The summed E-state index contributed by atoms with van der Waals surface area (Å²) in [6.07, 6.45) is 4.64. The third-order valence-electron chi connectivity index (χ3n) is 5.74. The van der Waals surface area contributed by atoms with Gasteiger partial charge in [0.15, 0.2) is 0 Å². The molecule has 0 saturated carbocycles. The van der Waals surface area contributed by atoms with Gasteiger partial charge in [-0.25, -0.2) is 4.79 Å². The largest absolute Gasteiger partial charge is 0.465 e. The van der Waals surface area contributed by atoms with Gasteiger partial charge in [-0.05, 0) is 67.5 Å². The molecule has 0 fully saturated rings. The smallest absolute Gasteiger partial charge is 0.337 e. The Labute approximate surface area is 197 Å². The van der Waals surface area contributed by atoms with Gasteiger partial charge in [-0.1, -0.05) is 30.3 Å².